The predicted molar refractivity (Wildman–Crippen MR) is 73.5 cm³/mol. The van der Waals surface area contributed by atoms with E-state index in [1.54, 1.807) is 11.2 Å². The zero-order valence-corrected chi connectivity index (χ0v) is 12.3. The van der Waals surface area contributed by atoms with Crippen molar-refractivity contribution in [3.05, 3.63) is 0 Å². The fraction of sp³-hybridized carbons (Fsp3) is 0.833. The lowest BCUT2D eigenvalue weighted by Gasteiger charge is -2.38. The van der Waals surface area contributed by atoms with Crippen LogP contribution < -0.4 is 5.32 Å². The van der Waals surface area contributed by atoms with Crippen molar-refractivity contribution in [3.8, 4) is 0 Å². The average Bonchev–Trinajstić information content (AvgIpc) is 2.38. The van der Waals surface area contributed by atoms with Crippen molar-refractivity contribution >= 4 is 22.8 Å². The molecule has 2 amide bonds. The molecule has 0 spiro atoms. The van der Waals surface area contributed by atoms with Crippen LogP contribution in [0.4, 0.5) is 4.79 Å². The molecule has 0 aliphatic carbocycles. The first-order valence-electron chi connectivity index (χ1n) is 6.47. The Morgan fingerprint density at radius 2 is 1.95 bits per heavy atom. The van der Waals surface area contributed by atoms with Gasteiger partial charge in [0.05, 0.1) is 5.41 Å². The van der Waals surface area contributed by atoms with Gasteiger partial charge in [0.2, 0.25) is 0 Å². The smallest absolute Gasteiger partial charge is 0.317 e. The van der Waals surface area contributed by atoms with E-state index in [-0.39, 0.29) is 6.03 Å². The molecule has 1 heterocycles. The predicted octanol–water partition coefficient (Wildman–Crippen LogP) is 0.651. The van der Waals surface area contributed by atoms with Crippen LogP contribution in [0.25, 0.3) is 0 Å². The maximum Gasteiger partial charge on any atom is 0.317 e. The van der Waals surface area contributed by atoms with Crippen LogP contribution in [0.15, 0.2) is 0 Å². The van der Waals surface area contributed by atoms with Crippen LogP contribution in [0.5, 0.6) is 0 Å². The highest BCUT2D eigenvalue weighted by Gasteiger charge is 2.40. The molecule has 0 bridgehead atoms. The van der Waals surface area contributed by atoms with E-state index < -0.39 is 22.2 Å². The van der Waals surface area contributed by atoms with Gasteiger partial charge in [-0.25, -0.2) is 4.79 Å². The van der Waals surface area contributed by atoms with Crippen LogP contribution in [-0.2, 0) is 15.6 Å². The van der Waals surface area contributed by atoms with Gasteiger partial charge in [-0.1, -0.05) is 6.92 Å². The number of hydrogen-bond donors (Lipinski definition) is 2. The van der Waals surface area contributed by atoms with Crippen molar-refractivity contribution in [2.75, 3.05) is 31.6 Å². The molecule has 0 aromatic carbocycles. The highest BCUT2D eigenvalue weighted by atomic mass is 32.2. The number of nitrogens with zero attached hydrogens (tertiary/aromatic N) is 1. The molecule has 1 saturated heterocycles. The van der Waals surface area contributed by atoms with Gasteiger partial charge in [-0.2, -0.15) is 0 Å². The highest BCUT2D eigenvalue weighted by Crippen LogP contribution is 2.35. The van der Waals surface area contributed by atoms with E-state index in [0.29, 0.717) is 44.6 Å². The summed E-state index contributed by atoms with van der Waals surface area (Å²) >= 11 is 0. The SMILES string of the molecule is CCC1(C(=O)O)CCN(C(=O)NCCS(C)=O)CC1. The molecule has 0 radical (unpaired) electrons. The van der Waals surface area contributed by atoms with E-state index in [2.05, 4.69) is 5.32 Å². The lowest BCUT2D eigenvalue weighted by molar-refractivity contribution is -0.151. The standard InChI is InChI=1S/C12H22N2O4S/c1-3-12(10(15)16)4-7-14(8-5-12)11(17)13-6-9-19(2)18/h3-9H2,1-2H3,(H,13,17)(H,15,16). The summed E-state index contributed by atoms with van der Waals surface area (Å²) in [6.45, 7) is 3.18. The van der Waals surface area contributed by atoms with E-state index in [9.17, 15) is 18.9 Å². The van der Waals surface area contributed by atoms with Gasteiger partial charge in [0.25, 0.3) is 0 Å². The number of urea groups is 1. The van der Waals surface area contributed by atoms with Gasteiger partial charge in [-0.05, 0) is 19.3 Å². The summed E-state index contributed by atoms with van der Waals surface area (Å²) in [5, 5.41) is 12.0. The zero-order chi connectivity index (χ0) is 14.5. The van der Waals surface area contributed by atoms with Crippen LogP contribution >= 0.6 is 0 Å². The number of nitrogens with one attached hydrogen (secondary N) is 1. The van der Waals surface area contributed by atoms with Crippen molar-refractivity contribution in [1.29, 1.82) is 0 Å². The average molecular weight is 290 g/mol. The second kappa shape index (κ2) is 6.88. The van der Waals surface area contributed by atoms with Crippen LogP contribution in [0, 0.1) is 5.41 Å². The Morgan fingerprint density at radius 3 is 2.37 bits per heavy atom. The quantitative estimate of drug-likeness (QED) is 0.778. The first-order chi connectivity index (χ1) is 8.91. The molecule has 7 heteroatoms. The first-order valence-corrected chi connectivity index (χ1v) is 8.20. The number of amides is 2. The molecule has 1 aliphatic rings. The number of likely N-dealkylation sites (tertiary alicyclic amines) is 1. The maximum atomic E-state index is 11.8. The highest BCUT2D eigenvalue weighted by molar-refractivity contribution is 7.84. The van der Waals surface area contributed by atoms with Gasteiger partial charge in [-0.15, -0.1) is 0 Å². The van der Waals surface area contributed by atoms with E-state index in [1.807, 2.05) is 6.92 Å². The molecular formula is C12H22N2O4S. The molecular weight excluding hydrogens is 268 g/mol. The Morgan fingerprint density at radius 1 is 1.37 bits per heavy atom. The molecule has 0 aromatic heterocycles. The second-order valence-electron chi connectivity index (χ2n) is 4.94. The molecule has 1 atom stereocenters. The third-order valence-electron chi connectivity index (χ3n) is 3.80. The van der Waals surface area contributed by atoms with Crippen molar-refractivity contribution in [2.45, 2.75) is 26.2 Å². The minimum atomic E-state index is -0.918. The number of hydrogen-bond acceptors (Lipinski definition) is 3. The fourth-order valence-corrected chi connectivity index (χ4v) is 2.66. The number of carbonyl (C=O) groups is 2. The molecule has 0 aromatic rings. The molecule has 1 fully saturated rings. The summed E-state index contributed by atoms with van der Waals surface area (Å²) in [5.41, 5.74) is -0.679. The normalized spacial score (nSPS) is 19.8. The lowest BCUT2D eigenvalue weighted by Crippen LogP contribution is -2.49. The van der Waals surface area contributed by atoms with Gasteiger partial charge in [0.1, 0.15) is 0 Å². The number of aliphatic carboxylic acids is 1. The van der Waals surface area contributed by atoms with Crippen molar-refractivity contribution in [1.82, 2.24) is 10.2 Å². The Kier molecular flexibility index (Phi) is 5.78. The van der Waals surface area contributed by atoms with Gasteiger partial charge in [0.15, 0.2) is 0 Å². The number of rotatable bonds is 5. The molecule has 1 unspecified atom stereocenters. The van der Waals surface area contributed by atoms with Crippen molar-refractivity contribution in [2.24, 2.45) is 5.41 Å². The van der Waals surface area contributed by atoms with E-state index in [1.165, 1.54) is 0 Å². The van der Waals surface area contributed by atoms with Crippen LogP contribution in [0.2, 0.25) is 0 Å². The summed E-state index contributed by atoms with van der Waals surface area (Å²) in [6, 6.07) is -0.194. The Balaban J connectivity index is 2.42. The topological polar surface area (TPSA) is 86.7 Å². The molecule has 1 aliphatic heterocycles. The number of piperidine rings is 1. The largest absolute Gasteiger partial charge is 0.481 e. The molecule has 0 saturated carbocycles. The number of carbonyl (C=O) groups excluding carboxylic acids is 1. The summed E-state index contributed by atoms with van der Waals surface area (Å²) in [6.07, 6.45) is 3.17. The van der Waals surface area contributed by atoms with E-state index >= 15 is 0 Å². The second-order valence-corrected chi connectivity index (χ2v) is 6.49. The van der Waals surface area contributed by atoms with Gasteiger partial charge < -0.3 is 15.3 Å². The number of carboxylic acid groups (broad SMARTS) is 1. The lowest BCUT2D eigenvalue weighted by atomic mass is 9.76. The van der Waals surface area contributed by atoms with E-state index in [4.69, 9.17) is 0 Å². The summed E-state index contributed by atoms with van der Waals surface area (Å²) in [7, 11) is -0.918. The third-order valence-corrected chi connectivity index (χ3v) is 4.58. The van der Waals surface area contributed by atoms with Gasteiger partial charge >= 0.3 is 12.0 Å². The Bertz CT molecular complexity index is 365. The molecule has 19 heavy (non-hydrogen) atoms. The summed E-state index contributed by atoms with van der Waals surface area (Å²) < 4.78 is 10.9. The fourth-order valence-electron chi connectivity index (χ4n) is 2.27. The minimum absolute atomic E-state index is 0.194. The van der Waals surface area contributed by atoms with Crippen LogP contribution in [-0.4, -0.2) is 57.9 Å². The summed E-state index contributed by atoms with van der Waals surface area (Å²) in [4.78, 5) is 24.7. The van der Waals surface area contributed by atoms with Gasteiger partial charge in [-0.3, -0.25) is 9.00 Å². The molecule has 6 nitrogen and oxygen atoms in total. The third kappa shape index (κ3) is 4.19. The van der Waals surface area contributed by atoms with Crippen LogP contribution in [0.1, 0.15) is 26.2 Å². The molecule has 2 N–H and O–H groups in total. The zero-order valence-electron chi connectivity index (χ0n) is 11.5. The first kappa shape index (κ1) is 15.9. The van der Waals surface area contributed by atoms with Crippen molar-refractivity contribution in [3.63, 3.8) is 0 Å². The minimum Gasteiger partial charge on any atom is -0.481 e. The van der Waals surface area contributed by atoms with Crippen LogP contribution in [0.3, 0.4) is 0 Å². The van der Waals surface area contributed by atoms with Gasteiger partial charge in [0, 0.05) is 42.4 Å². The van der Waals surface area contributed by atoms with E-state index in [0.717, 1.165) is 0 Å². The number of carboxylic acids is 1. The van der Waals surface area contributed by atoms with Crippen molar-refractivity contribution < 1.29 is 18.9 Å². The Labute approximate surface area is 116 Å². The molecule has 110 valence electrons. The molecule has 1 rings (SSSR count). The Hall–Kier alpha value is -1.11. The monoisotopic (exact) mass is 290 g/mol. The maximum absolute atomic E-state index is 11.8. The summed E-state index contributed by atoms with van der Waals surface area (Å²) in [5.74, 6) is -0.329.